The Labute approximate surface area is 120 Å². The van der Waals surface area contributed by atoms with Crippen LogP contribution in [0.3, 0.4) is 0 Å². The lowest BCUT2D eigenvalue weighted by Crippen LogP contribution is -2.02. The van der Waals surface area contributed by atoms with E-state index in [-0.39, 0.29) is 10.6 Å². The first kappa shape index (κ1) is 14.0. The maximum atomic E-state index is 10.9. The van der Waals surface area contributed by atoms with E-state index in [0.717, 1.165) is 16.1 Å². The number of rotatable bonds is 4. The van der Waals surface area contributed by atoms with Crippen molar-refractivity contribution < 1.29 is 4.92 Å². The summed E-state index contributed by atoms with van der Waals surface area (Å²) >= 11 is 1.49. The van der Waals surface area contributed by atoms with Gasteiger partial charge in [-0.15, -0.1) is 11.3 Å². The minimum absolute atomic E-state index is 0.113. The molecule has 20 heavy (non-hydrogen) atoms. The van der Waals surface area contributed by atoms with Gasteiger partial charge < -0.3 is 5.32 Å². The van der Waals surface area contributed by atoms with Crippen LogP contribution in [0.1, 0.15) is 21.6 Å². The van der Waals surface area contributed by atoms with Crippen LogP contribution in [-0.4, -0.2) is 4.92 Å². The van der Waals surface area contributed by atoms with Crippen molar-refractivity contribution in [1.82, 2.24) is 0 Å². The molecule has 0 aliphatic rings. The van der Waals surface area contributed by atoms with E-state index in [2.05, 4.69) is 11.4 Å². The highest BCUT2D eigenvalue weighted by atomic mass is 32.1. The quantitative estimate of drug-likeness (QED) is 0.686. The van der Waals surface area contributed by atoms with Gasteiger partial charge in [0.1, 0.15) is 6.07 Å². The van der Waals surface area contributed by atoms with Crippen LogP contribution in [0.15, 0.2) is 23.6 Å². The number of benzene rings is 1. The Morgan fingerprint density at radius 3 is 2.70 bits per heavy atom. The highest BCUT2D eigenvalue weighted by Gasteiger charge is 2.13. The molecule has 5 nitrogen and oxygen atoms in total. The number of nitrogens with one attached hydrogen (secondary N) is 1. The fraction of sp³-hybridized carbons (Fsp3) is 0.214. The number of hydrogen-bond donors (Lipinski definition) is 1. The van der Waals surface area contributed by atoms with Crippen LogP contribution in [0.2, 0.25) is 0 Å². The van der Waals surface area contributed by atoms with Crippen molar-refractivity contribution in [3.63, 3.8) is 0 Å². The molecular weight excluding hydrogens is 274 g/mol. The smallest absolute Gasteiger partial charge is 0.274 e. The van der Waals surface area contributed by atoms with Gasteiger partial charge in [-0.05, 0) is 31.5 Å². The van der Waals surface area contributed by atoms with Gasteiger partial charge in [0.05, 0.1) is 10.5 Å². The molecule has 0 aliphatic heterocycles. The zero-order valence-electron chi connectivity index (χ0n) is 11.1. The molecule has 1 aromatic heterocycles. The molecule has 0 atom stereocenters. The van der Waals surface area contributed by atoms with E-state index in [0.29, 0.717) is 17.7 Å². The number of anilines is 1. The van der Waals surface area contributed by atoms with Crippen LogP contribution in [0, 0.1) is 35.3 Å². The number of nitro groups is 1. The van der Waals surface area contributed by atoms with E-state index in [1.807, 2.05) is 13.0 Å². The predicted molar refractivity (Wildman–Crippen MR) is 78.9 cm³/mol. The van der Waals surface area contributed by atoms with Crippen molar-refractivity contribution in [2.24, 2.45) is 0 Å². The fourth-order valence-electron chi connectivity index (χ4n) is 1.94. The molecule has 0 unspecified atom stereocenters. The van der Waals surface area contributed by atoms with Gasteiger partial charge in [-0.25, -0.2) is 0 Å². The van der Waals surface area contributed by atoms with E-state index in [1.165, 1.54) is 11.3 Å². The first-order valence-electron chi connectivity index (χ1n) is 5.98. The third kappa shape index (κ3) is 2.95. The van der Waals surface area contributed by atoms with Crippen LogP contribution in [0.5, 0.6) is 0 Å². The molecule has 1 N–H and O–H groups in total. The van der Waals surface area contributed by atoms with Crippen LogP contribution >= 0.6 is 11.3 Å². The largest absolute Gasteiger partial charge is 0.380 e. The van der Waals surface area contributed by atoms with Crippen LogP contribution in [0.4, 0.5) is 11.4 Å². The number of nitro benzene ring substituents is 1. The summed E-state index contributed by atoms with van der Waals surface area (Å²) < 4.78 is 0. The van der Waals surface area contributed by atoms with Gasteiger partial charge in [0, 0.05) is 34.1 Å². The van der Waals surface area contributed by atoms with E-state index in [1.54, 1.807) is 24.4 Å². The van der Waals surface area contributed by atoms with E-state index < -0.39 is 0 Å². The Balaban J connectivity index is 2.19. The number of nitriles is 1. The molecule has 0 saturated carbocycles. The van der Waals surface area contributed by atoms with Gasteiger partial charge in [-0.3, -0.25) is 10.1 Å². The van der Waals surface area contributed by atoms with Gasteiger partial charge in [-0.2, -0.15) is 5.26 Å². The maximum Gasteiger partial charge on any atom is 0.274 e. The fourth-order valence-corrected chi connectivity index (χ4v) is 2.69. The van der Waals surface area contributed by atoms with Crippen molar-refractivity contribution in [2.45, 2.75) is 20.4 Å². The summed E-state index contributed by atoms with van der Waals surface area (Å²) in [6.07, 6.45) is 0. The van der Waals surface area contributed by atoms with Gasteiger partial charge in [0.2, 0.25) is 0 Å². The van der Waals surface area contributed by atoms with Crippen LogP contribution in [0.25, 0.3) is 0 Å². The molecule has 6 heteroatoms. The van der Waals surface area contributed by atoms with Gasteiger partial charge in [-0.1, -0.05) is 0 Å². The van der Waals surface area contributed by atoms with E-state index >= 15 is 0 Å². The van der Waals surface area contributed by atoms with Crippen molar-refractivity contribution in [3.05, 3.63) is 55.3 Å². The Morgan fingerprint density at radius 2 is 2.10 bits per heavy atom. The molecule has 1 aromatic carbocycles. The normalized spacial score (nSPS) is 10.1. The molecule has 2 aromatic rings. The second kappa shape index (κ2) is 5.72. The molecule has 0 fully saturated rings. The third-order valence-corrected chi connectivity index (χ3v) is 3.91. The van der Waals surface area contributed by atoms with Crippen LogP contribution < -0.4 is 5.32 Å². The molecule has 102 valence electrons. The topological polar surface area (TPSA) is 79.0 Å². The highest BCUT2D eigenvalue weighted by Crippen LogP contribution is 2.27. The Hall–Kier alpha value is -2.39. The Morgan fingerprint density at radius 1 is 1.35 bits per heavy atom. The molecule has 0 bridgehead atoms. The lowest BCUT2D eigenvalue weighted by atomic mass is 10.1. The monoisotopic (exact) mass is 287 g/mol. The summed E-state index contributed by atoms with van der Waals surface area (Å²) in [5.41, 5.74) is 3.11. The zero-order valence-corrected chi connectivity index (χ0v) is 12.0. The number of nitrogens with zero attached hydrogens (tertiary/aromatic N) is 2. The van der Waals surface area contributed by atoms with Crippen molar-refractivity contribution in [3.8, 4) is 6.07 Å². The molecular formula is C14H13N3O2S. The maximum absolute atomic E-state index is 10.9. The van der Waals surface area contributed by atoms with Crippen molar-refractivity contribution in [2.75, 3.05) is 5.32 Å². The van der Waals surface area contributed by atoms with Crippen molar-refractivity contribution >= 4 is 22.7 Å². The third-order valence-electron chi connectivity index (χ3n) is 2.98. The lowest BCUT2D eigenvalue weighted by molar-refractivity contribution is -0.385. The summed E-state index contributed by atoms with van der Waals surface area (Å²) in [7, 11) is 0. The minimum Gasteiger partial charge on any atom is -0.380 e. The van der Waals surface area contributed by atoms with Crippen LogP contribution in [-0.2, 0) is 6.54 Å². The summed E-state index contributed by atoms with van der Waals surface area (Å²) in [5, 5.41) is 24.7. The molecule has 0 spiro atoms. The zero-order chi connectivity index (χ0) is 14.7. The molecule has 0 radical (unpaired) electrons. The summed E-state index contributed by atoms with van der Waals surface area (Å²) in [6, 6.07) is 7.26. The lowest BCUT2D eigenvalue weighted by Gasteiger charge is -2.09. The summed E-state index contributed by atoms with van der Waals surface area (Å²) in [4.78, 5) is 11.6. The Bertz CT molecular complexity index is 701. The molecule has 0 aliphatic carbocycles. The molecule has 0 saturated heterocycles. The summed E-state index contributed by atoms with van der Waals surface area (Å²) in [6.45, 7) is 4.19. The van der Waals surface area contributed by atoms with E-state index in [9.17, 15) is 10.1 Å². The van der Waals surface area contributed by atoms with Gasteiger partial charge in [0.15, 0.2) is 0 Å². The average Bonchev–Trinajstić information content (AvgIpc) is 2.85. The Kier molecular flexibility index (Phi) is 4.01. The van der Waals surface area contributed by atoms with Crippen molar-refractivity contribution in [1.29, 1.82) is 5.26 Å². The SMILES string of the molecule is Cc1cc(C)c([N+](=O)[O-])cc1NCc1cc(C#N)cs1. The summed E-state index contributed by atoms with van der Waals surface area (Å²) in [5.74, 6) is 0. The first-order chi connectivity index (χ1) is 9.51. The highest BCUT2D eigenvalue weighted by molar-refractivity contribution is 7.10. The standard InChI is InChI=1S/C14H13N3O2S/c1-9-3-10(2)14(17(18)19)5-13(9)16-7-12-4-11(6-15)8-20-12/h3-5,8,16H,7H2,1-2H3. The number of thiophene rings is 1. The molecule has 2 rings (SSSR count). The number of hydrogen-bond acceptors (Lipinski definition) is 5. The van der Waals surface area contributed by atoms with Gasteiger partial charge in [0.25, 0.3) is 5.69 Å². The second-order valence-electron chi connectivity index (χ2n) is 4.48. The predicted octanol–water partition coefficient (Wildman–Crippen LogP) is 3.76. The van der Waals surface area contributed by atoms with E-state index in [4.69, 9.17) is 5.26 Å². The first-order valence-corrected chi connectivity index (χ1v) is 6.86. The number of aryl methyl sites for hydroxylation is 2. The average molecular weight is 287 g/mol. The second-order valence-corrected chi connectivity index (χ2v) is 5.47. The minimum atomic E-state index is -0.376. The molecule has 1 heterocycles. The van der Waals surface area contributed by atoms with Gasteiger partial charge >= 0.3 is 0 Å². The molecule has 0 amide bonds.